The van der Waals surface area contributed by atoms with E-state index in [-0.39, 0.29) is 11.6 Å². The zero-order valence-corrected chi connectivity index (χ0v) is 13.0. The predicted molar refractivity (Wildman–Crippen MR) is 86.1 cm³/mol. The van der Waals surface area contributed by atoms with Gasteiger partial charge in [0, 0.05) is 5.56 Å². The maximum absolute atomic E-state index is 12.2. The minimum atomic E-state index is -0.981. The Hall–Kier alpha value is -2.15. The van der Waals surface area contributed by atoms with Crippen molar-refractivity contribution in [2.45, 2.75) is 6.10 Å². The van der Waals surface area contributed by atoms with Crippen molar-refractivity contribution < 1.29 is 14.3 Å². The van der Waals surface area contributed by atoms with E-state index >= 15 is 0 Å². The van der Waals surface area contributed by atoms with Crippen molar-refractivity contribution in [1.82, 2.24) is 0 Å². The largest absolute Gasteiger partial charge is 0.472 e. The Kier molecular flexibility index (Phi) is 5.71. The van der Waals surface area contributed by atoms with Gasteiger partial charge >= 0.3 is 5.97 Å². The van der Waals surface area contributed by atoms with E-state index in [2.05, 4.69) is 5.92 Å². The molecule has 5 heteroatoms. The molecule has 1 atom stereocenters. The average Bonchev–Trinajstić information content (AvgIpc) is 2.55. The quantitative estimate of drug-likeness (QED) is 0.604. The Balaban J connectivity index is 2.31. The maximum Gasteiger partial charge on any atom is 0.353 e. The molecular weight excluding hydrogens is 323 g/mol. The van der Waals surface area contributed by atoms with Crippen LogP contribution in [0, 0.1) is 12.3 Å². The topological polar surface area (TPSA) is 35.5 Å². The highest BCUT2D eigenvalue weighted by atomic mass is 35.5. The molecular formula is C17H12Cl2O3. The number of carbonyl (C=O) groups excluding carboxylic acids is 1. The molecule has 2 aromatic rings. The van der Waals surface area contributed by atoms with Crippen LogP contribution in [0.25, 0.3) is 0 Å². The van der Waals surface area contributed by atoms with E-state index in [1.165, 1.54) is 0 Å². The molecule has 0 aromatic heterocycles. The third-order valence-electron chi connectivity index (χ3n) is 2.78. The first-order valence-electron chi connectivity index (χ1n) is 6.39. The van der Waals surface area contributed by atoms with Crippen molar-refractivity contribution in [1.29, 1.82) is 0 Å². The summed E-state index contributed by atoms with van der Waals surface area (Å²) in [5.41, 5.74) is 0.626. The molecule has 0 aliphatic rings. The van der Waals surface area contributed by atoms with Crippen LogP contribution < -0.4 is 4.74 Å². The van der Waals surface area contributed by atoms with Crippen LogP contribution in [0.4, 0.5) is 0 Å². The molecule has 112 valence electrons. The van der Waals surface area contributed by atoms with Gasteiger partial charge in [0.1, 0.15) is 10.8 Å². The predicted octanol–water partition coefficient (Wildman–Crippen LogP) is 4.29. The molecule has 3 nitrogen and oxygen atoms in total. The molecule has 0 radical (unpaired) electrons. The van der Waals surface area contributed by atoms with Crippen LogP contribution in [0.5, 0.6) is 5.75 Å². The molecule has 2 aromatic carbocycles. The van der Waals surface area contributed by atoms with Gasteiger partial charge in [-0.05, 0) is 12.1 Å². The maximum atomic E-state index is 12.2. The van der Waals surface area contributed by atoms with Gasteiger partial charge in [-0.25, -0.2) is 4.79 Å². The SMILES string of the molecule is C#CCOC(=O)[C@H](Oc1cccc(Cl)c1Cl)c1ccccc1. The van der Waals surface area contributed by atoms with E-state index in [1.807, 2.05) is 6.07 Å². The van der Waals surface area contributed by atoms with Crippen molar-refractivity contribution >= 4 is 29.2 Å². The van der Waals surface area contributed by atoms with Crippen LogP contribution in [-0.2, 0) is 9.53 Å². The second-order valence-corrected chi connectivity index (χ2v) is 5.06. The minimum Gasteiger partial charge on any atom is -0.472 e. The lowest BCUT2D eigenvalue weighted by Gasteiger charge is -2.18. The summed E-state index contributed by atoms with van der Waals surface area (Å²) in [4.78, 5) is 12.2. The monoisotopic (exact) mass is 334 g/mol. The Morgan fingerprint density at radius 2 is 1.86 bits per heavy atom. The summed E-state index contributed by atoms with van der Waals surface area (Å²) in [6.45, 7) is -0.130. The van der Waals surface area contributed by atoms with Gasteiger partial charge in [-0.2, -0.15) is 0 Å². The molecule has 0 heterocycles. The number of rotatable bonds is 5. The van der Waals surface area contributed by atoms with Crippen molar-refractivity contribution in [3.63, 3.8) is 0 Å². The van der Waals surface area contributed by atoms with Gasteiger partial charge in [-0.3, -0.25) is 0 Å². The first kappa shape index (κ1) is 16.2. The van der Waals surface area contributed by atoms with Gasteiger partial charge < -0.3 is 9.47 Å². The van der Waals surface area contributed by atoms with Crippen LogP contribution in [-0.4, -0.2) is 12.6 Å². The summed E-state index contributed by atoms with van der Waals surface area (Å²) < 4.78 is 10.7. The zero-order chi connectivity index (χ0) is 15.9. The van der Waals surface area contributed by atoms with Crippen LogP contribution >= 0.6 is 23.2 Å². The van der Waals surface area contributed by atoms with Gasteiger partial charge in [0.25, 0.3) is 0 Å². The van der Waals surface area contributed by atoms with Gasteiger partial charge in [-0.15, -0.1) is 6.42 Å². The first-order valence-corrected chi connectivity index (χ1v) is 7.14. The molecule has 0 N–H and O–H groups in total. The van der Waals surface area contributed by atoms with Gasteiger partial charge in [0.2, 0.25) is 6.10 Å². The summed E-state index contributed by atoms with van der Waals surface area (Å²) in [5.74, 6) is 1.94. The number of hydrogen-bond donors (Lipinski definition) is 0. The van der Waals surface area contributed by atoms with Crippen LogP contribution in [0.3, 0.4) is 0 Å². The third kappa shape index (κ3) is 3.94. The Morgan fingerprint density at radius 3 is 2.55 bits per heavy atom. The number of hydrogen-bond acceptors (Lipinski definition) is 3. The second kappa shape index (κ2) is 7.74. The third-order valence-corrected chi connectivity index (χ3v) is 3.58. The highest BCUT2D eigenvalue weighted by Crippen LogP contribution is 2.34. The van der Waals surface area contributed by atoms with Crippen molar-refractivity contribution in [3.8, 4) is 18.1 Å². The number of ether oxygens (including phenoxy) is 2. The number of esters is 1. The molecule has 0 fully saturated rings. The Morgan fingerprint density at radius 1 is 1.14 bits per heavy atom. The highest BCUT2D eigenvalue weighted by molar-refractivity contribution is 6.42. The van der Waals surface area contributed by atoms with E-state index in [9.17, 15) is 4.79 Å². The van der Waals surface area contributed by atoms with E-state index in [4.69, 9.17) is 39.1 Å². The molecule has 0 amide bonds. The van der Waals surface area contributed by atoms with Crippen LogP contribution in [0.15, 0.2) is 48.5 Å². The molecule has 0 saturated carbocycles. The molecule has 0 aliphatic carbocycles. The molecule has 0 aliphatic heterocycles. The fraction of sp³-hybridized carbons (Fsp3) is 0.118. The minimum absolute atomic E-state index is 0.130. The second-order valence-electron chi connectivity index (χ2n) is 4.27. The number of halogens is 2. The Labute approximate surface area is 138 Å². The number of terminal acetylenes is 1. The molecule has 0 saturated heterocycles. The normalized spacial score (nSPS) is 11.3. The smallest absolute Gasteiger partial charge is 0.353 e. The molecule has 0 spiro atoms. The van der Waals surface area contributed by atoms with Crippen LogP contribution in [0.1, 0.15) is 11.7 Å². The van der Waals surface area contributed by atoms with Crippen molar-refractivity contribution in [2.75, 3.05) is 6.61 Å². The van der Waals surface area contributed by atoms with E-state index < -0.39 is 12.1 Å². The van der Waals surface area contributed by atoms with E-state index in [0.29, 0.717) is 16.3 Å². The van der Waals surface area contributed by atoms with E-state index in [0.717, 1.165) is 0 Å². The summed E-state index contributed by atoms with van der Waals surface area (Å²) in [7, 11) is 0. The fourth-order valence-electron chi connectivity index (χ4n) is 1.77. The number of carbonyl (C=O) groups is 1. The standard InChI is InChI=1S/C17H12Cl2O3/c1-2-11-21-17(20)16(12-7-4-3-5-8-12)22-14-10-6-9-13(18)15(14)19/h1,3-10,16H,11H2/t16-/m1/s1. The van der Waals surface area contributed by atoms with Crippen LogP contribution in [0.2, 0.25) is 10.0 Å². The lowest BCUT2D eigenvalue weighted by molar-refractivity contribution is -0.150. The molecule has 2 rings (SSSR count). The fourth-order valence-corrected chi connectivity index (χ4v) is 2.11. The van der Waals surface area contributed by atoms with Crippen molar-refractivity contribution in [3.05, 3.63) is 64.1 Å². The summed E-state index contributed by atoms with van der Waals surface area (Å²) in [6.07, 6.45) is 4.12. The van der Waals surface area contributed by atoms with Gasteiger partial charge in [0.15, 0.2) is 6.61 Å². The first-order chi connectivity index (χ1) is 10.6. The van der Waals surface area contributed by atoms with Gasteiger partial charge in [0.05, 0.1) is 5.02 Å². The lowest BCUT2D eigenvalue weighted by atomic mass is 10.1. The number of benzene rings is 2. The summed E-state index contributed by atoms with van der Waals surface area (Å²) in [5, 5.41) is 0.567. The van der Waals surface area contributed by atoms with E-state index in [1.54, 1.807) is 42.5 Å². The summed E-state index contributed by atoms with van der Waals surface area (Å²) >= 11 is 12.0. The van der Waals surface area contributed by atoms with Crippen molar-refractivity contribution in [2.24, 2.45) is 0 Å². The lowest BCUT2D eigenvalue weighted by Crippen LogP contribution is -2.21. The average molecular weight is 335 g/mol. The van der Waals surface area contributed by atoms with Gasteiger partial charge in [-0.1, -0.05) is 65.5 Å². The highest BCUT2D eigenvalue weighted by Gasteiger charge is 2.25. The Bertz CT molecular complexity index is 693. The zero-order valence-electron chi connectivity index (χ0n) is 11.5. The molecule has 22 heavy (non-hydrogen) atoms. The summed E-state index contributed by atoms with van der Waals surface area (Å²) in [6, 6.07) is 13.8. The molecule has 0 unspecified atom stereocenters. The molecule has 0 bridgehead atoms.